The highest BCUT2D eigenvalue weighted by Gasteiger charge is 2.33. The molecule has 0 radical (unpaired) electrons. The van der Waals surface area contributed by atoms with Crippen molar-refractivity contribution in [1.82, 2.24) is 10.4 Å². The average Bonchev–Trinajstić information content (AvgIpc) is 3.03. The number of anilines is 1. The molecule has 0 atom stereocenters. The number of ether oxygens (including phenoxy) is 2. The number of nitrogens with zero attached hydrogens (tertiary/aromatic N) is 1. The lowest BCUT2D eigenvalue weighted by Gasteiger charge is -2.16. The predicted molar refractivity (Wildman–Crippen MR) is 150 cm³/mol. The average molecular weight is 652 g/mol. The molecule has 0 bridgehead atoms. The van der Waals surface area contributed by atoms with Crippen LogP contribution in [0.3, 0.4) is 0 Å². The van der Waals surface area contributed by atoms with E-state index in [1.807, 2.05) is 26.0 Å². The smallest absolute Gasteiger partial charge is 0.338 e. The second-order valence-corrected chi connectivity index (χ2v) is 10.5. The highest BCUT2D eigenvalue weighted by atomic mass is 127. The number of rotatable bonds is 8. The zero-order valence-electron chi connectivity index (χ0n) is 18.1. The number of nitrogens with one attached hydrogen (secondary N) is 2. The molecule has 1 heterocycles. The fraction of sp³-hybridized carbons (Fsp3) is 0.227. The normalized spacial score (nSPS) is 14.5. The number of amides is 3. The minimum Gasteiger partial charge on any atom is -0.490 e. The summed E-state index contributed by atoms with van der Waals surface area (Å²) in [7, 11) is 0. The summed E-state index contributed by atoms with van der Waals surface area (Å²) in [6.07, 6.45) is 2.57. The van der Waals surface area contributed by atoms with E-state index in [0.717, 1.165) is 32.3 Å². The topological polar surface area (TPSA) is 79.9 Å². The summed E-state index contributed by atoms with van der Waals surface area (Å²) in [6.45, 7) is 4.97. The van der Waals surface area contributed by atoms with Gasteiger partial charge in [0.2, 0.25) is 0 Å². The molecule has 7 nitrogen and oxygen atoms in total. The molecule has 0 saturated carbocycles. The Morgan fingerprint density at radius 3 is 2.65 bits per heavy atom. The van der Waals surface area contributed by atoms with E-state index in [4.69, 9.17) is 44.9 Å². The molecule has 180 valence electrons. The van der Waals surface area contributed by atoms with Gasteiger partial charge in [0.05, 0.1) is 31.7 Å². The van der Waals surface area contributed by atoms with Crippen molar-refractivity contribution in [3.05, 3.63) is 54.4 Å². The molecule has 1 aliphatic rings. The van der Waals surface area contributed by atoms with Crippen LogP contribution in [0, 0.1) is 3.57 Å². The monoisotopic (exact) mass is 651 g/mol. The molecular formula is C22H20Cl2IN3O4S2. The fourth-order valence-corrected chi connectivity index (χ4v) is 5.09. The lowest BCUT2D eigenvalue weighted by atomic mass is 10.2. The molecule has 2 aromatic rings. The Bertz CT molecular complexity index is 1160. The van der Waals surface area contributed by atoms with Gasteiger partial charge < -0.3 is 14.8 Å². The van der Waals surface area contributed by atoms with Crippen molar-refractivity contribution in [2.45, 2.75) is 20.3 Å². The Kier molecular flexibility index (Phi) is 9.72. The number of carbonyl (C=O) groups is 2. The summed E-state index contributed by atoms with van der Waals surface area (Å²) in [4.78, 5) is 25.7. The number of halogens is 3. The van der Waals surface area contributed by atoms with Gasteiger partial charge in [0, 0.05) is 5.69 Å². The van der Waals surface area contributed by atoms with Crippen molar-refractivity contribution in [1.29, 1.82) is 0 Å². The van der Waals surface area contributed by atoms with Crippen LogP contribution in [0.5, 0.6) is 11.5 Å². The molecule has 0 aliphatic carbocycles. The van der Waals surface area contributed by atoms with Crippen LogP contribution in [0.15, 0.2) is 35.2 Å². The van der Waals surface area contributed by atoms with E-state index in [-0.39, 0.29) is 4.32 Å². The van der Waals surface area contributed by atoms with Gasteiger partial charge >= 0.3 is 6.03 Å². The van der Waals surface area contributed by atoms with Crippen LogP contribution in [-0.4, -0.2) is 34.5 Å². The van der Waals surface area contributed by atoms with E-state index in [1.54, 1.807) is 18.2 Å². The Balaban J connectivity index is 1.76. The molecule has 0 aromatic heterocycles. The molecule has 1 saturated heterocycles. The third kappa shape index (κ3) is 6.69. The molecule has 1 aliphatic heterocycles. The van der Waals surface area contributed by atoms with Gasteiger partial charge in [-0.1, -0.05) is 41.9 Å². The van der Waals surface area contributed by atoms with E-state index in [0.29, 0.717) is 45.4 Å². The van der Waals surface area contributed by atoms with Gasteiger partial charge in [-0.2, -0.15) is 5.01 Å². The first-order valence-corrected chi connectivity index (χ1v) is 13.2. The molecule has 3 amide bonds. The fourth-order valence-electron chi connectivity index (χ4n) is 2.83. The van der Waals surface area contributed by atoms with Gasteiger partial charge in [0.15, 0.2) is 15.8 Å². The molecule has 34 heavy (non-hydrogen) atoms. The third-order valence-electron chi connectivity index (χ3n) is 4.26. The van der Waals surface area contributed by atoms with Crippen LogP contribution >= 0.6 is 69.8 Å². The van der Waals surface area contributed by atoms with E-state index in [1.165, 1.54) is 6.07 Å². The number of benzene rings is 2. The number of hydrogen-bond acceptors (Lipinski definition) is 6. The molecule has 0 spiro atoms. The van der Waals surface area contributed by atoms with Crippen molar-refractivity contribution in [2.24, 2.45) is 0 Å². The van der Waals surface area contributed by atoms with E-state index in [9.17, 15) is 9.59 Å². The maximum atomic E-state index is 12.9. The molecule has 1 fully saturated rings. The van der Waals surface area contributed by atoms with Crippen LogP contribution in [0.25, 0.3) is 6.08 Å². The maximum Gasteiger partial charge on any atom is 0.338 e. The SMILES string of the molecule is CCCOc1c(I)cc(/C=C2\SC(=S)N(NC(=O)Nc3ccc(Cl)c(Cl)c3)C2=O)cc1OCC. The first-order valence-electron chi connectivity index (χ1n) is 10.1. The maximum absolute atomic E-state index is 12.9. The Morgan fingerprint density at radius 1 is 1.21 bits per heavy atom. The van der Waals surface area contributed by atoms with Crippen LogP contribution in [0.4, 0.5) is 10.5 Å². The van der Waals surface area contributed by atoms with Gasteiger partial charge in [-0.15, -0.1) is 0 Å². The number of hydrazine groups is 1. The summed E-state index contributed by atoms with van der Waals surface area (Å²) >= 11 is 20.4. The second kappa shape index (κ2) is 12.3. The third-order valence-corrected chi connectivity index (χ3v) is 7.11. The molecule has 12 heteroatoms. The largest absolute Gasteiger partial charge is 0.490 e. The van der Waals surface area contributed by atoms with Gasteiger partial charge in [-0.25, -0.2) is 10.2 Å². The van der Waals surface area contributed by atoms with Gasteiger partial charge in [-0.05, 0) is 90.1 Å². The second-order valence-electron chi connectivity index (χ2n) is 6.82. The summed E-state index contributed by atoms with van der Waals surface area (Å²) in [6, 6.07) is 7.70. The molecule has 0 unspecified atom stereocenters. The highest BCUT2D eigenvalue weighted by molar-refractivity contribution is 14.1. The number of urea groups is 1. The Labute approximate surface area is 230 Å². The summed E-state index contributed by atoms with van der Waals surface area (Å²) in [5.74, 6) is 0.830. The Hall–Kier alpha value is -1.73. The standard InChI is InChI=1S/C22H20Cl2IN3O4S2/c1-3-7-32-19-16(25)8-12(9-17(19)31-4-2)10-18-20(29)28(22(33)34-18)27-21(30)26-13-5-6-14(23)15(24)11-13/h5-6,8-11H,3-4,7H2,1-2H3,(H2,26,27,30)/b18-10-. The van der Waals surface area contributed by atoms with Gasteiger partial charge in [0.25, 0.3) is 5.91 Å². The summed E-state index contributed by atoms with van der Waals surface area (Å²) < 4.78 is 12.6. The van der Waals surface area contributed by atoms with Crippen LogP contribution in [-0.2, 0) is 4.79 Å². The van der Waals surface area contributed by atoms with E-state index < -0.39 is 11.9 Å². The minimum atomic E-state index is -0.651. The number of thioether (sulfide) groups is 1. The first kappa shape index (κ1) is 26.9. The summed E-state index contributed by atoms with van der Waals surface area (Å²) in [5.41, 5.74) is 3.62. The van der Waals surface area contributed by atoms with Crippen molar-refractivity contribution >= 4 is 97.8 Å². The van der Waals surface area contributed by atoms with Crippen LogP contribution in [0.1, 0.15) is 25.8 Å². The minimum absolute atomic E-state index is 0.197. The zero-order valence-corrected chi connectivity index (χ0v) is 23.4. The lowest BCUT2D eigenvalue weighted by molar-refractivity contribution is -0.123. The lowest BCUT2D eigenvalue weighted by Crippen LogP contribution is -2.46. The summed E-state index contributed by atoms with van der Waals surface area (Å²) in [5, 5.41) is 4.26. The van der Waals surface area contributed by atoms with E-state index >= 15 is 0 Å². The van der Waals surface area contributed by atoms with Crippen molar-refractivity contribution in [3.8, 4) is 11.5 Å². The van der Waals surface area contributed by atoms with Crippen molar-refractivity contribution in [3.63, 3.8) is 0 Å². The van der Waals surface area contributed by atoms with Gasteiger partial charge in [-0.3, -0.25) is 4.79 Å². The van der Waals surface area contributed by atoms with Gasteiger partial charge in [0.1, 0.15) is 0 Å². The van der Waals surface area contributed by atoms with Crippen LogP contribution < -0.4 is 20.2 Å². The number of carbonyl (C=O) groups excluding carboxylic acids is 2. The molecule has 2 aromatic carbocycles. The number of thiocarbonyl (C=S) groups is 1. The molecule has 2 N–H and O–H groups in total. The predicted octanol–water partition coefficient (Wildman–Crippen LogP) is 6.72. The van der Waals surface area contributed by atoms with Crippen molar-refractivity contribution < 1.29 is 19.1 Å². The molecular weight excluding hydrogens is 632 g/mol. The quantitative estimate of drug-likeness (QED) is 0.187. The van der Waals surface area contributed by atoms with E-state index in [2.05, 4.69) is 33.3 Å². The molecule has 3 rings (SSSR count). The first-order chi connectivity index (χ1) is 16.2. The van der Waals surface area contributed by atoms with Crippen LogP contribution in [0.2, 0.25) is 10.0 Å². The van der Waals surface area contributed by atoms with Crippen molar-refractivity contribution in [2.75, 3.05) is 18.5 Å². The zero-order chi connectivity index (χ0) is 24.8. The number of hydrogen-bond donors (Lipinski definition) is 2. The Morgan fingerprint density at radius 2 is 1.97 bits per heavy atom. The highest BCUT2D eigenvalue weighted by Crippen LogP contribution is 2.37.